The maximum atomic E-state index is 13.6. The second-order valence-electron chi connectivity index (χ2n) is 9.62. The molecular weight excluding hydrogens is 514 g/mol. The van der Waals surface area contributed by atoms with E-state index in [-0.39, 0.29) is 17.3 Å². The average Bonchev–Trinajstić information content (AvgIpc) is 3.49. The number of benzene rings is 2. The lowest BCUT2D eigenvalue weighted by Gasteiger charge is -2.15. The first-order valence-electron chi connectivity index (χ1n) is 14.0. The van der Waals surface area contributed by atoms with E-state index in [0.29, 0.717) is 22.8 Å². The molecule has 0 radical (unpaired) electrons. The molecule has 0 aliphatic carbocycles. The zero-order valence-electron chi connectivity index (χ0n) is 22.7. The van der Waals surface area contributed by atoms with Crippen molar-refractivity contribution in [3.63, 3.8) is 0 Å². The van der Waals surface area contributed by atoms with Gasteiger partial charge in [0, 0.05) is 17.0 Å². The van der Waals surface area contributed by atoms with Gasteiger partial charge in [-0.05, 0) is 30.7 Å². The van der Waals surface area contributed by atoms with Crippen LogP contribution in [0, 0.1) is 10.1 Å². The van der Waals surface area contributed by atoms with Crippen molar-refractivity contribution in [2.75, 3.05) is 6.61 Å². The van der Waals surface area contributed by atoms with Crippen molar-refractivity contribution in [3.8, 4) is 5.75 Å². The van der Waals surface area contributed by atoms with E-state index in [2.05, 4.69) is 27.5 Å². The van der Waals surface area contributed by atoms with Crippen LogP contribution >= 0.6 is 11.8 Å². The van der Waals surface area contributed by atoms with E-state index in [0.717, 1.165) is 12.8 Å². The van der Waals surface area contributed by atoms with E-state index in [1.807, 2.05) is 6.07 Å². The predicted octanol–water partition coefficient (Wildman–Crippen LogP) is 7.90. The summed E-state index contributed by atoms with van der Waals surface area (Å²) in [6.45, 7) is 2.80. The summed E-state index contributed by atoms with van der Waals surface area (Å²) < 4.78 is 6.04. The Morgan fingerprint density at radius 3 is 2.13 bits per heavy atom. The molecule has 0 fully saturated rings. The standard InChI is InChI=1S/C29H39N5O4S/c1-2-3-4-5-6-7-8-9-10-11-12-15-22-38-26-17-14-13-16-25(26)27(35)28(29-30-32-33-31-29)39-24-20-18-23(19-21-24)34(36)37/h13-14,16-21,28H,2-12,15,22H2,1H3,(H,30,31,32,33). The Morgan fingerprint density at radius 2 is 1.54 bits per heavy atom. The minimum absolute atomic E-state index is 0.0154. The lowest BCUT2D eigenvalue weighted by molar-refractivity contribution is -0.384. The van der Waals surface area contributed by atoms with E-state index >= 15 is 0 Å². The van der Waals surface area contributed by atoms with Crippen molar-refractivity contribution in [1.29, 1.82) is 0 Å². The van der Waals surface area contributed by atoms with Gasteiger partial charge in [-0.25, -0.2) is 0 Å². The van der Waals surface area contributed by atoms with Gasteiger partial charge in [-0.3, -0.25) is 14.9 Å². The molecule has 39 heavy (non-hydrogen) atoms. The Balaban J connectivity index is 1.48. The number of hydrogen-bond donors (Lipinski definition) is 1. The first-order chi connectivity index (χ1) is 19.1. The Morgan fingerprint density at radius 1 is 0.923 bits per heavy atom. The summed E-state index contributed by atoms with van der Waals surface area (Å²) in [6.07, 6.45) is 15.3. The number of nitrogens with one attached hydrogen (secondary N) is 1. The second-order valence-corrected chi connectivity index (χ2v) is 10.8. The van der Waals surface area contributed by atoms with Crippen molar-refractivity contribution in [1.82, 2.24) is 20.6 Å². The fourth-order valence-electron chi connectivity index (χ4n) is 4.35. The van der Waals surface area contributed by atoms with Crippen LogP contribution in [0.1, 0.15) is 105 Å². The number of aromatic amines is 1. The highest BCUT2D eigenvalue weighted by atomic mass is 32.2. The Kier molecular flexibility index (Phi) is 13.5. The number of nitro groups is 1. The number of H-pyrrole nitrogens is 1. The Labute approximate surface area is 234 Å². The highest BCUT2D eigenvalue weighted by Crippen LogP contribution is 2.38. The third-order valence-electron chi connectivity index (χ3n) is 6.54. The van der Waals surface area contributed by atoms with Crippen molar-refractivity contribution in [2.45, 2.75) is 94.1 Å². The third-order valence-corrected chi connectivity index (χ3v) is 7.75. The molecule has 0 amide bonds. The number of thioether (sulfide) groups is 1. The number of nitro benzene ring substituents is 1. The molecule has 1 N–H and O–H groups in total. The lowest BCUT2D eigenvalue weighted by atomic mass is 10.1. The molecule has 9 nitrogen and oxygen atoms in total. The van der Waals surface area contributed by atoms with Crippen molar-refractivity contribution in [3.05, 3.63) is 70.0 Å². The number of rotatable bonds is 20. The second kappa shape index (κ2) is 17.3. The molecule has 1 atom stereocenters. The molecule has 3 rings (SSSR count). The van der Waals surface area contributed by atoms with E-state index in [4.69, 9.17) is 4.74 Å². The van der Waals surface area contributed by atoms with Crippen LogP contribution in [-0.2, 0) is 0 Å². The quantitative estimate of drug-likeness (QED) is 0.0492. The molecule has 0 aliphatic rings. The number of ether oxygens (including phenoxy) is 1. The number of carbonyl (C=O) groups is 1. The zero-order chi connectivity index (χ0) is 27.7. The molecule has 3 aromatic rings. The summed E-state index contributed by atoms with van der Waals surface area (Å²) in [5.41, 5.74) is 0.430. The van der Waals surface area contributed by atoms with Crippen LogP contribution in [0.5, 0.6) is 5.75 Å². The monoisotopic (exact) mass is 553 g/mol. The number of hydrogen-bond acceptors (Lipinski definition) is 8. The molecule has 0 spiro atoms. The lowest BCUT2D eigenvalue weighted by Crippen LogP contribution is -2.14. The summed E-state index contributed by atoms with van der Waals surface area (Å²) >= 11 is 1.21. The fourth-order valence-corrected chi connectivity index (χ4v) is 5.35. The number of ketones is 1. The molecule has 10 heteroatoms. The number of tetrazole rings is 1. The van der Waals surface area contributed by atoms with Crippen LogP contribution in [0.25, 0.3) is 0 Å². The van der Waals surface area contributed by atoms with Crippen molar-refractivity contribution >= 4 is 23.2 Å². The molecule has 2 aromatic carbocycles. The van der Waals surface area contributed by atoms with Gasteiger partial charge in [0.25, 0.3) is 5.69 Å². The third kappa shape index (κ3) is 10.4. The molecule has 0 saturated carbocycles. The highest BCUT2D eigenvalue weighted by Gasteiger charge is 2.29. The van der Waals surface area contributed by atoms with Gasteiger partial charge in [-0.2, -0.15) is 5.21 Å². The molecule has 1 heterocycles. The van der Waals surface area contributed by atoms with Gasteiger partial charge >= 0.3 is 0 Å². The van der Waals surface area contributed by atoms with Gasteiger partial charge in [0.15, 0.2) is 11.6 Å². The minimum atomic E-state index is -0.790. The zero-order valence-corrected chi connectivity index (χ0v) is 23.5. The van der Waals surface area contributed by atoms with Gasteiger partial charge in [0.2, 0.25) is 0 Å². The van der Waals surface area contributed by atoms with Gasteiger partial charge in [-0.1, -0.05) is 94.9 Å². The van der Waals surface area contributed by atoms with Crippen molar-refractivity contribution < 1.29 is 14.5 Å². The molecule has 1 unspecified atom stereocenters. The SMILES string of the molecule is CCCCCCCCCCCCCCOc1ccccc1C(=O)C(Sc1ccc([N+](=O)[O-])cc1)c1nn[nH]n1. The molecule has 1 aromatic heterocycles. The largest absolute Gasteiger partial charge is 0.493 e. The smallest absolute Gasteiger partial charge is 0.269 e. The summed E-state index contributed by atoms with van der Waals surface area (Å²) in [5, 5.41) is 24.3. The Bertz CT molecular complexity index is 1120. The number of aromatic nitrogens is 4. The fraction of sp³-hybridized carbons (Fsp3) is 0.517. The normalized spacial score (nSPS) is 11.8. The number of Topliss-reactive ketones (excluding diaryl/α,β-unsaturated/α-hetero) is 1. The minimum Gasteiger partial charge on any atom is -0.493 e. The molecule has 0 saturated heterocycles. The summed E-state index contributed by atoms with van der Waals surface area (Å²) in [7, 11) is 0. The van der Waals surface area contributed by atoms with Crippen LogP contribution < -0.4 is 4.74 Å². The first-order valence-corrected chi connectivity index (χ1v) is 14.9. The topological polar surface area (TPSA) is 124 Å². The van der Waals surface area contributed by atoms with Crippen LogP contribution in [-0.4, -0.2) is 37.9 Å². The van der Waals surface area contributed by atoms with Gasteiger partial charge in [0.05, 0.1) is 17.1 Å². The van der Waals surface area contributed by atoms with E-state index in [1.54, 1.807) is 30.3 Å². The summed E-state index contributed by atoms with van der Waals surface area (Å²) in [6, 6.07) is 13.2. The van der Waals surface area contributed by atoms with Crippen molar-refractivity contribution in [2.24, 2.45) is 0 Å². The van der Waals surface area contributed by atoms with E-state index in [1.165, 1.54) is 88.1 Å². The summed E-state index contributed by atoms with van der Waals surface area (Å²) in [5.74, 6) is 0.549. The first kappa shape index (κ1) is 30.3. The van der Waals surface area contributed by atoms with Crippen LogP contribution in [0.4, 0.5) is 5.69 Å². The highest BCUT2D eigenvalue weighted by molar-refractivity contribution is 8.00. The maximum Gasteiger partial charge on any atom is 0.269 e. The molecule has 210 valence electrons. The van der Waals surface area contributed by atoms with Crippen LogP contribution in [0.15, 0.2) is 53.4 Å². The number of nitrogens with zero attached hydrogens (tertiary/aromatic N) is 4. The Hall–Kier alpha value is -3.27. The van der Waals surface area contributed by atoms with Gasteiger partial charge in [0.1, 0.15) is 11.0 Å². The van der Waals surface area contributed by atoms with E-state index < -0.39 is 10.2 Å². The number of para-hydroxylation sites is 1. The number of non-ortho nitro benzene ring substituents is 1. The number of carbonyl (C=O) groups excluding carboxylic acids is 1. The number of unbranched alkanes of at least 4 members (excludes halogenated alkanes) is 11. The average molecular weight is 554 g/mol. The van der Waals surface area contributed by atoms with Gasteiger partial charge in [-0.15, -0.1) is 22.0 Å². The van der Waals surface area contributed by atoms with Crippen LogP contribution in [0.3, 0.4) is 0 Å². The molecule has 0 bridgehead atoms. The van der Waals surface area contributed by atoms with E-state index in [9.17, 15) is 14.9 Å². The molecule has 0 aliphatic heterocycles. The maximum absolute atomic E-state index is 13.6. The summed E-state index contributed by atoms with van der Waals surface area (Å²) in [4.78, 5) is 24.9. The van der Waals surface area contributed by atoms with Crippen LogP contribution in [0.2, 0.25) is 0 Å². The van der Waals surface area contributed by atoms with Gasteiger partial charge < -0.3 is 4.74 Å². The predicted molar refractivity (Wildman–Crippen MR) is 153 cm³/mol. The molecular formula is C29H39N5O4S.